The number of pyridine rings is 1. The van der Waals surface area contributed by atoms with E-state index < -0.39 is 0 Å². The van der Waals surface area contributed by atoms with E-state index >= 15 is 0 Å². The van der Waals surface area contributed by atoms with Gasteiger partial charge in [0.1, 0.15) is 0 Å². The predicted molar refractivity (Wildman–Crippen MR) is 97.6 cm³/mol. The maximum atomic E-state index is 12.4. The Kier molecular flexibility index (Phi) is 5.28. The minimum Gasteiger partial charge on any atom is -0.353 e. The van der Waals surface area contributed by atoms with E-state index in [1.807, 2.05) is 35.2 Å². The molecule has 1 saturated heterocycles. The molecule has 1 aromatic heterocycles. The highest BCUT2D eigenvalue weighted by atomic mass is 16.2. The molecule has 2 aromatic rings. The fourth-order valence-electron chi connectivity index (χ4n) is 2.84. The molecule has 0 unspecified atom stereocenters. The first-order valence-electron chi connectivity index (χ1n) is 8.50. The predicted octanol–water partition coefficient (Wildman–Crippen LogP) is 1.76. The first-order chi connectivity index (χ1) is 12.2. The SMILES string of the molecule is CCc1ccc(CC(=O)Nc2cccnc2N2CCNC(=O)C2)cc1. The second kappa shape index (κ2) is 7.79. The zero-order valence-electron chi connectivity index (χ0n) is 14.3. The summed E-state index contributed by atoms with van der Waals surface area (Å²) in [6.07, 6.45) is 2.95. The fourth-order valence-corrected chi connectivity index (χ4v) is 2.84. The van der Waals surface area contributed by atoms with Crippen LogP contribution in [0.5, 0.6) is 0 Å². The Balaban J connectivity index is 1.69. The molecule has 2 amide bonds. The lowest BCUT2D eigenvalue weighted by Crippen LogP contribution is -2.48. The average molecular weight is 338 g/mol. The highest BCUT2D eigenvalue weighted by molar-refractivity contribution is 5.95. The first-order valence-corrected chi connectivity index (χ1v) is 8.50. The standard InChI is InChI=1S/C19H22N4O2/c1-2-14-5-7-15(8-6-14)12-17(24)22-16-4-3-9-21-19(16)23-11-10-20-18(25)13-23/h3-9H,2,10-13H2,1H3,(H,20,25)(H,22,24). The lowest BCUT2D eigenvalue weighted by atomic mass is 10.1. The molecular formula is C19H22N4O2. The molecule has 1 aliphatic rings. The highest BCUT2D eigenvalue weighted by Gasteiger charge is 2.20. The van der Waals surface area contributed by atoms with Crippen LogP contribution in [0.3, 0.4) is 0 Å². The summed E-state index contributed by atoms with van der Waals surface area (Å²) < 4.78 is 0. The Morgan fingerprint density at radius 3 is 2.72 bits per heavy atom. The maximum absolute atomic E-state index is 12.4. The molecular weight excluding hydrogens is 316 g/mol. The minimum absolute atomic E-state index is 0.0369. The molecule has 0 saturated carbocycles. The normalized spacial score (nSPS) is 14.1. The number of benzene rings is 1. The summed E-state index contributed by atoms with van der Waals surface area (Å²) in [7, 11) is 0. The van der Waals surface area contributed by atoms with Crippen LogP contribution in [0.25, 0.3) is 0 Å². The van der Waals surface area contributed by atoms with E-state index in [9.17, 15) is 9.59 Å². The van der Waals surface area contributed by atoms with Gasteiger partial charge in [-0.25, -0.2) is 4.98 Å². The molecule has 1 aliphatic heterocycles. The molecule has 2 heterocycles. The number of aromatic nitrogens is 1. The number of nitrogens with zero attached hydrogens (tertiary/aromatic N) is 2. The van der Waals surface area contributed by atoms with Crippen molar-refractivity contribution in [2.75, 3.05) is 29.9 Å². The molecule has 2 N–H and O–H groups in total. The van der Waals surface area contributed by atoms with Gasteiger partial charge in [-0.3, -0.25) is 9.59 Å². The van der Waals surface area contributed by atoms with Gasteiger partial charge < -0.3 is 15.5 Å². The second-order valence-corrected chi connectivity index (χ2v) is 6.04. The fraction of sp³-hybridized carbons (Fsp3) is 0.316. The van der Waals surface area contributed by atoms with Gasteiger partial charge in [-0.15, -0.1) is 0 Å². The van der Waals surface area contributed by atoms with Gasteiger partial charge >= 0.3 is 0 Å². The molecule has 6 heteroatoms. The maximum Gasteiger partial charge on any atom is 0.239 e. The summed E-state index contributed by atoms with van der Waals surface area (Å²) in [6, 6.07) is 11.6. The van der Waals surface area contributed by atoms with Crippen molar-refractivity contribution in [3.63, 3.8) is 0 Å². The third-order valence-corrected chi connectivity index (χ3v) is 4.19. The quantitative estimate of drug-likeness (QED) is 0.871. The molecule has 1 aromatic carbocycles. The molecule has 1 fully saturated rings. The van der Waals surface area contributed by atoms with Crippen molar-refractivity contribution in [3.8, 4) is 0 Å². The van der Waals surface area contributed by atoms with E-state index in [-0.39, 0.29) is 18.4 Å². The monoisotopic (exact) mass is 338 g/mol. The van der Waals surface area contributed by atoms with Crippen LogP contribution in [0.1, 0.15) is 18.1 Å². The largest absolute Gasteiger partial charge is 0.353 e. The van der Waals surface area contributed by atoms with Crippen LogP contribution >= 0.6 is 0 Å². The number of nitrogens with one attached hydrogen (secondary N) is 2. The van der Waals surface area contributed by atoms with Crippen LogP contribution in [-0.2, 0) is 22.4 Å². The third kappa shape index (κ3) is 4.35. The minimum atomic E-state index is -0.0973. The summed E-state index contributed by atoms with van der Waals surface area (Å²) >= 11 is 0. The number of hydrogen-bond donors (Lipinski definition) is 2. The Labute approximate surface area is 147 Å². The Morgan fingerprint density at radius 2 is 2.00 bits per heavy atom. The van der Waals surface area contributed by atoms with E-state index in [1.54, 1.807) is 12.3 Å². The van der Waals surface area contributed by atoms with Gasteiger partial charge in [0.05, 0.1) is 18.7 Å². The van der Waals surface area contributed by atoms with Crippen molar-refractivity contribution >= 4 is 23.3 Å². The number of rotatable bonds is 5. The van der Waals surface area contributed by atoms with Crippen molar-refractivity contribution in [2.45, 2.75) is 19.8 Å². The van der Waals surface area contributed by atoms with Gasteiger partial charge in [-0.05, 0) is 29.7 Å². The molecule has 6 nitrogen and oxygen atoms in total. The molecule has 3 rings (SSSR count). The smallest absolute Gasteiger partial charge is 0.239 e. The number of piperazine rings is 1. The first kappa shape index (κ1) is 17.0. The van der Waals surface area contributed by atoms with E-state index in [0.29, 0.717) is 31.0 Å². The highest BCUT2D eigenvalue weighted by Crippen LogP contribution is 2.23. The summed E-state index contributed by atoms with van der Waals surface area (Å²) in [6.45, 7) is 3.60. The van der Waals surface area contributed by atoms with E-state index in [2.05, 4.69) is 22.5 Å². The zero-order chi connectivity index (χ0) is 17.6. The van der Waals surface area contributed by atoms with Gasteiger partial charge in [-0.2, -0.15) is 0 Å². The molecule has 0 radical (unpaired) electrons. The zero-order valence-corrected chi connectivity index (χ0v) is 14.3. The van der Waals surface area contributed by atoms with Crippen molar-refractivity contribution in [1.29, 1.82) is 0 Å². The van der Waals surface area contributed by atoms with Crippen molar-refractivity contribution in [2.24, 2.45) is 0 Å². The lowest BCUT2D eigenvalue weighted by Gasteiger charge is -2.29. The van der Waals surface area contributed by atoms with Gasteiger partial charge in [0.25, 0.3) is 0 Å². The number of carbonyl (C=O) groups excluding carboxylic acids is 2. The molecule has 130 valence electrons. The Hall–Kier alpha value is -2.89. The van der Waals surface area contributed by atoms with Crippen LogP contribution in [0, 0.1) is 0 Å². The molecule has 0 bridgehead atoms. The summed E-state index contributed by atoms with van der Waals surface area (Å²) in [5, 5.41) is 5.71. The van der Waals surface area contributed by atoms with Crippen molar-refractivity contribution in [3.05, 3.63) is 53.7 Å². The van der Waals surface area contributed by atoms with E-state index in [0.717, 1.165) is 12.0 Å². The molecule has 25 heavy (non-hydrogen) atoms. The van der Waals surface area contributed by atoms with Crippen LogP contribution < -0.4 is 15.5 Å². The van der Waals surface area contributed by atoms with Crippen LogP contribution in [-0.4, -0.2) is 36.4 Å². The average Bonchev–Trinajstić information content (AvgIpc) is 2.63. The number of anilines is 2. The summed E-state index contributed by atoms with van der Waals surface area (Å²) in [5.74, 6) is 0.497. The number of aryl methyl sites for hydroxylation is 1. The van der Waals surface area contributed by atoms with Gasteiger partial charge in [-0.1, -0.05) is 31.2 Å². The van der Waals surface area contributed by atoms with Crippen LogP contribution in [0.4, 0.5) is 11.5 Å². The van der Waals surface area contributed by atoms with Gasteiger partial charge in [0.15, 0.2) is 5.82 Å². The Bertz CT molecular complexity index is 758. The van der Waals surface area contributed by atoms with Crippen molar-refractivity contribution < 1.29 is 9.59 Å². The Morgan fingerprint density at radius 1 is 1.24 bits per heavy atom. The number of carbonyl (C=O) groups is 2. The topological polar surface area (TPSA) is 74.3 Å². The van der Waals surface area contributed by atoms with Gasteiger partial charge in [0, 0.05) is 19.3 Å². The lowest BCUT2D eigenvalue weighted by molar-refractivity contribution is -0.120. The van der Waals surface area contributed by atoms with E-state index in [4.69, 9.17) is 0 Å². The summed E-state index contributed by atoms with van der Waals surface area (Å²) in [5.41, 5.74) is 2.85. The van der Waals surface area contributed by atoms with Crippen molar-refractivity contribution in [1.82, 2.24) is 10.3 Å². The second-order valence-electron chi connectivity index (χ2n) is 6.04. The molecule has 0 aliphatic carbocycles. The van der Waals surface area contributed by atoms with Crippen LogP contribution in [0.15, 0.2) is 42.6 Å². The third-order valence-electron chi connectivity index (χ3n) is 4.19. The van der Waals surface area contributed by atoms with Crippen LogP contribution in [0.2, 0.25) is 0 Å². The number of amides is 2. The molecule has 0 spiro atoms. The van der Waals surface area contributed by atoms with Gasteiger partial charge in [0.2, 0.25) is 11.8 Å². The number of hydrogen-bond acceptors (Lipinski definition) is 4. The van der Waals surface area contributed by atoms with E-state index in [1.165, 1.54) is 5.56 Å². The summed E-state index contributed by atoms with van der Waals surface area (Å²) in [4.78, 5) is 30.2. The molecule has 0 atom stereocenters.